The van der Waals surface area contributed by atoms with Crippen LogP contribution >= 0.6 is 0 Å². The third-order valence-electron chi connectivity index (χ3n) is 12.3. The van der Waals surface area contributed by atoms with Gasteiger partial charge in [0.05, 0.1) is 6.61 Å². The van der Waals surface area contributed by atoms with E-state index in [1.165, 1.54) is 205 Å². The average molecular weight is 898 g/mol. The first-order chi connectivity index (χ1) is 31.6. The Labute approximate surface area is 399 Å². The monoisotopic (exact) mass is 897 g/mol. The summed E-state index contributed by atoms with van der Waals surface area (Å²) in [5.41, 5.74) is 0. The molecule has 0 aromatic heterocycles. The zero-order chi connectivity index (χ0) is 46.3. The highest BCUT2D eigenvalue weighted by molar-refractivity contribution is 5.70. The minimum atomic E-state index is -0.545. The quantitative estimate of drug-likeness (QED) is 0.0346. The van der Waals surface area contributed by atoms with E-state index in [0.717, 1.165) is 51.4 Å². The smallest absolute Gasteiger partial charge is 0.306 e. The van der Waals surface area contributed by atoms with Gasteiger partial charge in [-0.1, -0.05) is 230 Å². The molecule has 0 saturated heterocycles. The number of esters is 2. The van der Waals surface area contributed by atoms with Crippen LogP contribution in [0.2, 0.25) is 0 Å². The summed E-state index contributed by atoms with van der Waals surface area (Å²) < 4.78 is 17.4. The largest absolute Gasteiger partial charge is 0.462 e. The van der Waals surface area contributed by atoms with Gasteiger partial charge in [0, 0.05) is 19.4 Å². The standard InChI is InChI=1S/C59H108O5/c1-4-7-10-13-16-19-22-25-28-30-32-34-37-40-43-46-49-52-58(60)63-56-57(55-62-54-51-48-45-42-39-36-27-24-21-18-15-12-9-6-3)64-59(61)53-50-47-44-41-38-35-33-31-29-26-23-20-17-14-11-8-5-2/h12,15,21,24-26,28-29,57H,4-11,13-14,16-20,22-23,27,30-56H2,1-3H3/b15-12-,24-21-,28-25-,29-26-. The molecule has 0 heterocycles. The summed E-state index contributed by atoms with van der Waals surface area (Å²) in [5.74, 6) is -0.401. The van der Waals surface area contributed by atoms with Gasteiger partial charge in [0.1, 0.15) is 6.61 Å². The summed E-state index contributed by atoms with van der Waals surface area (Å²) >= 11 is 0. The molecule has 0 bridgehead atoms. The Morgan fingerprint density at radius 3 is 1.11 bits per heavy atom. The molecule has 64 heavy (non-hydrogen) atoms. The summed E-state index contributed by atoms with van der Waals surface area (Å²) in [6.07, 6.45) is 68.4. The number of rotatable bonds is 52. The molecule has 0 rings (SSSR count). The molecule has 1 atom stereocenters. The summed E-state index contributed by atoms with van der Waals surface area (Å²) in [6.45, 7) is 7.77. The van der Waals surface area contributed by atoms with E-state index in [2.05, 4.69) is 69.4 Å². The van der Waals surface area contributed by atoms with Gasteiger partial charge in [0.2, 0.25) is 0 Å². The average Bonchev–Trinajstić information content (AvgIpc) is 3.30. The van der Waals surface area contributed by atoms with E-state index in [1.807, 2.05) is 0 Å². The lowest BCUT2D eigenvalue weighted by Crippen LogP contribution is -2.30. The molecule has 0 aliphatic heterocycles. The van der Waals surface area contributed by atoms with Gasteiger partial charge in [-0.05, 0) is 96.3 Å². The summed E-state index contributed by atoms with van der Waals surface area (Å²) in [7, 11) is 0. The lowest BCUT2D eigenvalue weighted by Gasteiger charge is -2.18. The minimum Gasteiger partial charge on any atom is -0.462 e. The maximum Gasteiger partial charge on any atom is 0.306 e. The fraction of sp³-hybridized carbons (Fsp3) is 0.831. The Balaban J connectivity index is 4.27. The molecule has 0 aliphatic carbocycles. The van der Waals surface area contributed by atoms with E-state index >= 15 is 0 Å². The highest BCUT2D eigenvalue weighted by atomic mass is 16.6. The first kappa shape index (κ1) is 61.9. The normalized spacial score (nSPS) is 12.5. The van der Waals surface area contributed by atoms with Crippen molar-refractivity contribution in [3.8, 4) is 0 Å². The molecular weight excluding hydrogens is 789 g/mol. The topological polar surface area (TPSA) is 61.8 Å². The molecule has 0 fully saturated rings. The third-order valence-corrected chi connectivity index (χ3v) is 12.3. The Morgan fingerprint density at radius 1 is 0.344 bits per heavy atom. The minimum absolute atomic E-state index is 0.0791. The molecule has 0 aromatic rings. The van der Waals surface area contributed by atoms with Gasteiger partial charge in [0.15, 0.2) is 6.10 Å². The lowest BCUT2D eigenvalue weighted by atomic mass is 10.1. The predicted octanol–water partition coefficient (Wildman–Crippen LogP) is 19.1. The van der Waals surface area contributed by atoms with E-state index in [9.17, 15) is 9.59 Å². The molecule has 0 aromatic carbocycles. The second-order valence-electron chi connectivity index (χ2n) is 18.8. The summed E-state index contributed by atoms with van der Waals surface area (Å²) in [5, 5.41) is 0. The fourth-order valence-electron chi connectivity index (χ4n) is 8.07. The molecule has 0 radical (unpaired) electrons. The van der Waals surface area contributed by atoms with Crippen molar-refractivity contribution in [2.24, 2.45) is 0 Å². The zero-order valence-electron chi connectivity index (χ0n) is 43.1. The van der Waals surface area contributed by atoms with Crippen LogP contribution in [-0.4, -0.2) is 37.9 Å². The third kappa shape index (κ3) is 52.5. The van der Waals surface area contributed by atoms with Crippen LogP contribution in [0.15, 0.2) is 48.6 Å². The van der Waals surface area contributed by atoms with Gasteiger partial charge in [0.25, 0.3) is 0 Å². The van der Waals surface area contributed by atoms with Crippen molar-refractivity contribution in [1.29, 1.82) is 0 Å². The van der Waals surface area contributed by atoms with Crippen LogP contribution in [0.3, 0.4) is 0 Å². The Kier molecular flexibility index (Phi) is 53.3. The molecule has 5 nitrogen and oxygen atoms in total. The van der Waals surface area contributed by atoms with Crippen LogP contribution in [0, 0.1) is 0 Å². The first-order valence-electron chi connectivity index (χ1n) is 28.2. The van der Waals surface area contributed by atoms with Crippen molar-refractivity contribution in [2.45, 2.75) is 297 Å². The molecule has 5 heteroatoms. The van der Waals surface area contributed by atoms with Gasteiger partial charge >= 0.3 is 11.9 Å². The SMILES string of the molecule is CCC/C=C\C/C=C\CCCCCCCCOCC(COC(=O)CCCCCCCCC/C=C\CCCCCCCC)OC(=O)CCCCCCCCC/C=C\CCCCCCCC. The summed E-state index contributed by atoms with van der Waals surface area (Å²) in [6, 6.07) is 0. The van der Waals surface area contributed by atoms with Gasteiger partial charge in [-0.15, -0.1) is 0 Å². The maximum absolute atomic E-state index is 12.8. The van der Waals surface area contributed by atoms with Crippen LogP contribution in [-0.2, 0) is 23.8 Å². The molecule has 0 amide bonds. The van der Waals surface area contributed by atoms with Crippen LogP contribution in [0.25, 0.3) is 0 Å². The number of unbranched alkanes of at least 4 members (excludes halogenated alkanes) is 33. The maximum atomic E-state index is 12.8. The Bertz CT molecular complexity index is 1060. The van der Waals surface area contributed by atoms with Gasteiger partial charge < -0.3 is 14.2 Å². The number of carbonyl (C=O) groups excluding carboxylic acids is 2. The lowest BCUT2D eigenvalue weighted by molar-refractivity contribution is -0.163. The van der Waals surface area contributed by atoms with Crippen molar-refractivity contribution >= 4 is 11.9 Å². The van der Waals surface area contributed by atoms with Crippen molar-refractivity contribution in [2.75, 3.05) is 19.8 Å². The molecular formula is C59H108O5. The van der Waals surface area contributed by atoms with E-state index in [1.54, 1.807) is 0 Å². The summed E-state index contributed by atoms with van der Waals surface area (Å²) in [4.78, 5) is 25.5. The van der Waals surface area contributed by atoms with Crippen LogP contribution in [0.1, 0.15) is 290 Å². The molecule has 1 unspecified atom stereocenters. The van der Waals surface area contributed by atoms with Gasteiger partial charge in [-0.3, -0.25) is 9.59 Å². The van der Waals surface area contributed by atoms with Gasteiger partial charge in [-0.25, -0.2) is 0 Å². The van der Waals surface area contributed by atoms with Crippen molar-refractivity contribution in [3.63, 3.8) is 0 Å². The van der Waals surface area contributed by atoms with Crippen LogP contribution in [0.4, 0.5) is 0 Å². The van der Waals surface area contributed by atoms with Crippen molar-refractivity contribution in [1.82, 2.24) is 0 Å². The molecule has 0 N–H and O–H groups in total. The molecule has 0 aliphatic rings. The van der Waals surface area contributed by atoms with Crippen LogP contribution < -0.4 is 0 Å². The second kappa shape index (κ2) is 55.2. The van der Waals surface area contributed by atoms with Crippen molar-refractivity contribution in [3.05, 3.63) is 48.6 Å². The van der Waals surface area contributed by atoms with E-state index < -0.39 is 6.10 Å². The van der Waals surface area contributed by atoms with E-state index in [4.69, 9.17) is 14.2 Å². The van der Waals surface area contributed by atoms with E-state index in [-0.39, 0.29) is 25.2 Å². The first-order valence-corrected chi connectivity index (χ1v) is 28.2. The Hall–Kier alpha value is -2.14. The number of hydrogen-bond donors (Lipinski definition) is 0. The number of allylic oxidation sites excluding steroid dienone is 8. The predicted molar refractivity (Wildman–Crippen MR) is 279 cm³/mol. The number of hydrogen-bond acceptors (Lipinski definition) is 5. The molecule has 374 valence electrons. The highest BCUT2D eigenvalue weighted by Crippen LogP contribution is 2.15. The Morgan fingerprint density at radius 2 is 0.688 bits per heavy atom. The van der Waals surface area contributed by atoms with Crippen LogP contribution in [0.5, 0.6) is 0 Å². The van der Waals surface area contributed by atoms with Crippen molar-refractivity contribution < 1.29 is 23.8 Å². The second-order valence-corrected chi connectivity index (χ2v) is 18.8. The highest BCUT2D eigenvalue weighted by Gasteiger charge is 2.17. The van der Waals surface area contributed by atoms with E-state index in [0.29, 0.717) is 19.4 Å². The molecule has 0 saturated carbocycles. The fourth-order valence-corrected chi connectivity index (χ4v) is 8.07. The number of carbonyl (C=O) groups is 2. The number of ether oxygens (including phenoxy) is 3. The molecule has 0 spiro atoms. The zero-order valence-corrected chi connectivity index (χ0v) is 43.1. The van der Waals surface area contributed by atoms with Gasteiger partial charge in [-0.2, -0.15) is 0 Å².